The molecule has 0 atom stereocenters. The van der Waals surface area contributed by atoms with Crippen LogP contribution >= 0.6 is 0 Å². The highest BCUT2D eigenvalue weighted by molar-refractivity contribution is 5.83. The highest BCUT2D eigenvalue weighted by Crippen LogP contribution is 2.10. The number of benzene rings is 1. The van der Waals surface area contributed by atoms with Crippen LogP contribution in [0.1, 0.15) is 5.56 Å². The fraction of sp³-hybridized carbons (Fsp3) is 0.222. The fourth-order valence-electron chi connectivity index (χ4n) is 1.04. The molecule has 76 valence electrons. The normalized spacial score (nSPS) is 11.6. The molecule has 1 rings (SSSR count). The Hall–Kier alpha value is -1.49. The molecule has 0 aliphatic rings. The van der Waals surface area contributed by atoms with Gasteiger partial charge in [-0.15, -0.1) is 0 Å². The van der Waals surface area contributed by atoms with Gasteiger partial charge >= 0.3 is 0 Å². The lowest BCUT2D eigenvalue weighted by molar-refractivity contribution is 0.575. The van der Waals surface area contributed by atoms with Crippen molar-refractivity contribution in [3.05, 3.63) is 35.4 Å². The van der Waals surface area contributed by atoms with Gasteiger partial charge in [-0.25, -0.2) is 14.6 Å². The number of hydrazine groups is 1. The summed E-state index contributed by atoms with van der Waals surface area (Å²) in [6, 6.07) is 3.40. The summed E-state index contributed by atoms with van der Waals surface area (Å²) in [5.41, 5.74) is 2.68. The summed E-state index contributed by atoms with van der Waals surface area (Å²) in [5.74, 6) is 4.38. The molecule has 1 aromatic rings. The highest BCUT2D eigenvalue weighted by atomic mass is 19.1. The van der Waals surface area contributed by atoms with Gasteiger partial charge in [-0.2, -0.15) is 0 Å². The van der Waals surface area contributed by atoms with Crippen molar-refractivity contribution in [2.75, 3.05) is 7.05 Å². The quantitative estimate of drug-likeness (QED) is 0.323. The molecule has 1 aromatic carbocycles. The van der Waals surface area contributed by atoms with Gasteiger partial charge in [-0.05, 0) is 11.6 Å². The van der Waals surface area contributed by atoms with Crippen molar-refractivity contribution in [3.8, 4) is 0 Å². The van der Waals surface area contributed by atoms with Crippen molar-refractivity contribution in [3.63, 3.8) is 0 Å². The molecule has 14 heavy (non-hydrogen) atoms. The molecule has 0 fully saturated rings. The Morgan fingerprint density at radius 2 is 2.21 bits per heavy atom. The zero-order chi connectivity index (χ0) is 10.6. The van der Waals surface area contributed by atoms with Crippen LogP contribution in [0.5, 0.6) is 0 Å². The van der Waals surface area contributed by atoms with Gasteiger partial charge in [0.1, 0.15) is 17.5 Å². The Labute approximate surface area is 80.6 Å². The number of nitrogens with one attached hydrogen (secondary N) is 1. The van der Waals surface area contributed by atoms with Gasteiger partial charge in [0.2, 0.25) is 0 Å². The third kappa shape index (κ3) is 2.50. The molecule has 0 heterocycles. The van der Waals surface area contributed by atoms with E-state index in [1.54, 1.807) is 0 Å². The molecule has 0 unspecified atom stereocenters. The number of rotatable bonds is 2. The minimum atomic E-state index is -0.596. The molecular formula is C9H11F2N3. The molecule has 0 aliphatic heterocycles. The summed E-state index contributed by atoms with van der Waals surface area (Å²) < 4.78 is 25.7. The van der Waals surface area contributed by atoms with Crippen LogP contribution in [0.4, 0.5) is 8.78 Å². The number of aliphatic imine (C=N–C) groups is 1. The minimum Gasteiger partial charge on any atom is -0.312 e. The average molecular weight is 199 g/mol. The van der Waals surface area contributed by atoms with Crippen molar-refractivity contribution in [1.82, 2.24) is 5.43 Å². The summed E-state index contributed by atoms with van der Waals surface area (Å²) in [7, 11) is 1.54. The van der Waals surface area contributed by atoms with Crippen molar-refractivity contribution in [1.29, 1.82) is 0 Å². The third-order valence-corrected chi connectivity index (χ3v) is 1.81. The number of halogens is 2. The lowest BCUT2D eigenvalue weighted by Gasteiger charge is -2.05. The van der Waals surface area contributed by atoms with E-state index in [1.807, 2.05) is 0 Å². The van der Waals surface area contributed by atoms with E-state index in [0.29, 0.717) is 11.4 Å². The van der Waals surface area contributed by atoms with Gasteiger partial charge in [0.05, 0.1) is 0 Å². The van der Waals surface area contributed by atoms with Gasteiger partial charge in [0.25, 0.3) is 0 Å². The summed E-state index contributed by atoms with van der Waals surface area (Å²) in [5, 5.41) is 0. The van der Waals surface area contributed by atoms with Crippen LogP contribution in [-0.4, -0.2) is 12.9 Å². The summed E-state index contributed by atoms with van der Waals surface area (Å²) in [6.45, 7) is 0. The molecule has 3 N–H and O–H groups in total. The van der Waals surface area contributed by atoms with Gasteiger partial charge in [-0.1, -0.05) is 6.07 Å². The smallest absolute Gasteiger partial charge is 0.129 e. The molecule has 0 spiro atoms. The second-order valence-corrected chi connectivity index (χ2v) is 2.73. The molecule has 0 saturated carbocycles. The van der Waals surface area contributed by atoms with E-state index in [-0.39, 0.29) is 6.42 Å². The van der Waals surface area contributed by atoms with Crippen molar-refractivity contribution < 1.29 is 8.78 Å². The number of hydrogen-bond acceptors (Lipinski definition) is 2. The first kappa shape index (κ1) is 10.6. The van der Waals surface area contributed by atoms with Crippen LogP contribution in [0.15, 0.2) is 23.2 Å². The Morgan fingerprint density at radius 3 is 2.71 bits per heavy atom. The van der Waals surface area contributed by atoms with E-state index in [1.165, 1.54) is 19.2 Å². The predicted molar refractivity (Wildman–Crippen MR) is 50.7 cm³/mol. The summed E-state index contributed by atoms with van der Waals surface area (Å²) >= 11 is 0. The van der Waals surface area contributed by atoms with Gasteiger partial charge in [-0.3, -0.25) is 4.99 Å². The molecular weight excluding hydrogens is 188 g/mol. The summed E-state index contributed by atoms with van der Waals surface area (Å²) in [4.78, 5) is 3.79. The second kappa shape index (κ2) is 4.66. The first-order chi connectivity index (χ1) is 6.67. The SMILES string of the molecule is CN=C(Cc1ccc(F)cc1F)NN. The standard InChI is InChI=1S/C9H11F2N3/c1-13-9(14-12)4-6-2-3-7(10)5-8(6)11/h2-3,5H,4,12H2,1H3,(H,13,14). The van der Waals surface area contributed by atoms with Crippen LogP contribution < -0.4 is 11.3 Å². The van der Waals surface area contributed by atoms with Crippen LogP contribution in [0.3, 0.4) is 0 Å². The van der Waals surface area contributed by atoms with Crippen LogP contribution in [-0.2, 0) is 6.42 Å². The fourth-order valence-corrected chi connectivity index (χ4v) is 1.04. The molecule has 0 aliphatic carbocycles. The van der Waals surface area contributed by atoms with Gasteiger partial charge in [0, 0.05) is 19.5 Å². The monoisotopic (exact) mass is 199 g/mol. The largest absolute Gasteiger partial charge is 0.312 e. The third-order valence-electron chi connectivity index (χ3n) is 1.81. The molecule has 0 amide bonds. The van der Waals surface area contributed by atoms with E-state index in [9.17, 15) is 8.78 Å². The highest BCUT2D eigenvalue weighted by Gasteiger charge is 2.05. The van der Waals surface area contributed by atoms with E-state index >= 15 is 0 Å². The van der Waals surface area contributed by atoms with Crippen LogP contribution in [0, 0.1) is 11.6 Å². The van der Waals surface area contributed by atoms with Crippen LogP contribution in [0.2, 0.25) is 0 Å². The average Bonchev–Trinajstić information content (AvgIpc) is 2.17. The van der Waals surface area contributed by atoms with E-state index in [0.717, 1.165) is 6.07 Å². The molecule has 3 nitrogen and oxygen atoms in total. The first-order valence-corrected chi connectivity index (χ1v) is 4.03. The topological polar surface area (TPSA) is 50.4 Å². The minimum absolute atomic E-state index is 0.221. The lowest BCUT2D eigenvalue weighted by Crippen LogP contribution is -2.32. The number of nitrogens with two attached hydrogens (primary N) is 1. The maximum Gasteiger partial charge on any atom is 0.129 e. The van der Waals surface area contributed by atoms with Gasteiger partial charge in [0.15, 0.2) is 0 Å². The molecule has 0 radical (unpaired) electrons. The second-order valence-electron chi connectivity index (χ2n) is 2.73. The zero-order valence-electron chi connectivity index (χ0n) is 7.72. The lowest BCUT2D eigenvalue weighted by atomic mass is 10.1. The van der Waals surface area contributed by atoms with Crippen molar-refractivity contribution in [2.45, 2.75) is 6.42 Å². The first-order valence-electron chi connectivity index (χ1n) is 4.03. The summed E-state index contributed by atoms with van der Waals surface area (Å²) in [6.07, 6.45) is 0.221. The maximum atomic E-state index is 13.1. The molecule has 0 saturated heterocycles. The Kier molecular flexibility index (Phi) is 3.53. The molecule has 5 heteroatoms. The Balaban J connectivity index is 2.87. The Bertz CT molecular complexity index is 350. The maximum absolute atomic E-state index is 13.1. The number of nitrogens with zero attached hydrogens (tertiary/aromatic N) is 1. The van der Waals surface area contributed by atoms with E-state index < -0.39 is 11.6 Å². The van der Waals surface area contributed by atoms with Crippen molar-refractivity contribution in [2.24, 2.45) is 10.8 Å². The number of amidine groups is 1. The Morgan fingerprint density at radius 1 is 1.50 bits per heavy atom. The predicted octanol–water partition coefficient (Wildman–Crippen LogP) is 0.999. The van der Waals surface area contributed by atoms with E-state index in [2.05, 4.69) is 10.4 Å². The van der Waals surface area contributed by atoms with Gasteiger partial charge < -0.3 is 5.43 Å². The zero-order valence-corrected chi connectivity index (χ0v) is 7.72. The van der Waals surface area contributed by atoms with Crippen LogP contribution in [0.25, 0.3) is 0 Å². The van der Waals surface area contributed by atoms with E-state index in [4.69, 9.17) is 5.84 Å². The molecule has 0 bridgehead atoms. The number of hydrogen-bond donors (Lipinski definition) is 2. The molecule has 0 aromatic heterocycles. The van der Waals surface area contributed by atoms with Crippen molar-refractivity contribution >= 4 is 5.84 Å².